The second kappa shape index (κ2) is 10.9. The monoisotopic (exact) mass is 678 g/mol. The number of H-pyrrole nitrogens is 1. The number of hydrogen-bond acceptors (Lipinski definition) is 4. The lowest BCUT2D eigenvalue weighted by Crippen LogP contribution is -2.67. The minimum atomic E-state index is -0.851. The number of hydrogen-bond donors (Lipinski definition) is 3. The van der Waals surface area contributed by atoms with Crippen LogP contribution in [0.25, 0.3) is 22.0 Å². The summed E-state index contributed by atoms with van der Waals surface area (Å²) in [6.45, 7) is 7.25. The Hall–Kier alpha value is -3.77. The normalized spacial score (nSPS) is 38.1. The van der Waals surface area contributed by atoms with Gasteiger partial charge in [-0.15, -0.1) is 0 Å². The number of nitrogens with one attached hydrogen (secondary N) is 1. The largest absolute Gasteiger partial charge is 0.393 e. The van der Waals surface area contributed by atoms with Gasteiger partial charge in [-0.2, -0.15) is 0 Å². The number of aliphatic hydroxyl groups is 2. The van der Waals surface area contributed by atoms with Gasteiger partial charge in [0.05, 0.1) is 11.7 Å². The highest BCUT2D eigenvalue weighted by molar-refractivity contribution is 6.10. The fourth-order valence-corrected chi connectivity index (χ4v) is 13.0. The summed E-state index contributed by atoms with van der Waals surface area (Å²) in [5.41, 5.74) is 5.81. The Balaban J connectivity index is 1.02. The molecule has 0 saturated heterocycles. The van der Waals surface area contributed by atoms with Gasteiger partial charge in [-0.25, -0.2) is 0 Å². The molecular weight excluding hydrogens is 629 g/mol. The van der Waals surface area contributed by atoms with Crippen molar-refractivity contribution in [3.05, 3.63) is 119 Å². The second-order valence-electron chi connectivity index (χ2n) is 17.7. The number of rotatable bonds is 5. The number of aromatic nitrogens is 1. The smallest absolute Gasteiger partial charge is 0.189 e. The van der Waals surface area contributed by atoms with E-state index < -0.39 is 11.0 Å². The average molecular weight is 679 g/mol. The SMILES string of the molecule is CC12CCC(O)CC13C=CC1(C(C(=O)c4ccc(-c5ccccc5)cc4)=C3)C2CCC2(C)C1CCC2(O)CN1CCc2c([nH]c3ccccc23)C1. The van der Waals surface area contributed by atoms with E-state index in [9.17, 15) is 10.2 Å². The zero-order chi connectivity index (χ0) is 34.8. The lowest BCUT2D eigenvalue weighted by molar-refractivity contribution is -0.176. The van der Waals surface area contributed by atoms with Crippen LogP contribution in [0.5, 0.6) is 0 Å². The first-order valence-corrected chi connectivity index (χ1v) is 19.4. The van der Waals surface area contributed by atoms with Gasteiger partial charge < -0.3 is 15.2 Å². The van der Waals surface area contributed by atoms with Gasteiger partial charge in [0.1, 0.15) is 0 Å². The molecule has 51 heavy (non-hydrogen) atoms. The predicted molar refractivity (Wildman–Crippen MR) is 202 cm³/mol. The molecule has 0 radical (unpaired) electrons. The van der Waals surface area contributed by atoms with Crippen LogP contribution >= 0.6 is 0 Å². The van der Waals surface area contributed by atoms with Crippen molar-refractivity contribution in [3.63, 3.8) is 0 Å². The zero-order valence-corrected chi connectivity index (χ0v) is 30.0. The summed E-state index contributed by atoms with van der Waals surface area (Å²) in [4.78, 5) is 21.2. The van der Waals surface area contributed by atoms with Gasteiger partial charge in [-0.1, -0.05) is 105 Å². The van der Waals surface area contributed by atoms with E-state index in [1.807, 2.05) is 30.3 Å². The zero-order valence-electron chi connectivity index (χ0n) is 30.0. The molecule has 3 saturated carbocycles. The van der Waals surface area contributed by atoms with Crippen molar-refractivity contribution in [1.29, 1.82) is 0 Å². The summed E-state index contributed by atoms with van der Waals surface area (Å²) in [6, 6.07) is 27.1. The molecule has 4 aromatic rings. The first kappa shape index (κ1) is 31.9. The Morgan fingerprint density at radius 2 is 1.55 bits per heavy atom. The average Bonchev–Trinajstić information content (AvgIpc) is 3.65. The van der Waals surface area contributed by atoms with Gasteiger partial charge in [0, 0.05) is 63.6 Å². The Morgan fingerprint density at radius 3 is 2.37 bits per heavy atom. The molecule has 2 spiro atoms. The van der Waals surface area contributed by atoms with Gasteiger partial charge >= 0.3 is 0 Å². The highest BCUT2D eigenvalue weighted by atomic mass is 16.3. The Kier molecular flexibility index (Phi) is 6.81. The van der Waals surface area contributed by atoms with Crippen LogP contribution in [0.4, 0.5) is 0 Å². The van der Waals surface area contributed by atoms with E-state index in [2.05, 4.69) is 90.5 Å². The van der Waals surface area contributed by atoms with E-state index in [1.54, 1.807) is 0 Å². The van der Waals surface area contributed by atoms with E-state index in [-0.39, 0.29) is 34.1 Å². The van der Waals surface area contributed by atoms with Crippen molar-refractivity contribution in [2.75, 3.05) is 13.1 Å². The van der Waals surface area contributed by atoms with Crippen LogP contribution < -0.4 is 0 Å². The van der Waals surface area contributed by atoms with E-state index in [0.717, 1.165) is 80.3 Å². The summed E-state index contributed by atoms with van der Waals surface area (Å²) in [5, 5.41) is 25.4. The van der Waals surface area contributed by atoms with Crippen LogP contribution in [0, 0.1) is 33.5 Å². The van der Waals surface area contributed by atoms with Gasteiger partial charge in [0.15, 0.2) is 5.78 Å². The van der Waals surface area contributed by atoms with Crippen molar-refractivity contribution >= 4 is 16.7 Å². The number of ketones is 1. The van der Waals surface area contributed by atoms with Crippen molar-refractivity contribution < 1.29 is 15.0 Å². The highest BCUT2D eigenvalue weighted by Gasteiger charge is 2.74. The van der Waals surface area contributed by atoms with E-state index in [1.165, 1.54) is 22.2 Å². The molecule has 0 amide bonds. The lowest BCUT2D eigenvalue weighted by Gasteiger charge is -2.71. The maximum absolute atomic E-state index is 15.1. The number of Topliss-reactive ketones (excluding diaryl/α,β-unsaturated/α-hetero) is 1. The van der Waals surface area contributed by atoms with Crippen molar-refractivity contribution in [2.24, 2.45) is 33.5 Å². The topological polar surface area (TPSA) is 76.6 Å². The van der Waals surface area contributed by atoms with Crippen molar-refractivity contribution in [1.82, 2.24) is 9.88 Å². The van der Waals surface area contributed by atoms with E-state index >= 15 is 4.79 Å². The third kappa shape index (κ3) is 4.23. The standard InChI is InChI=1S/C46H50N2O3/c1-42-20-16-33(49)26-44(42)23-24-46(36(27-44)41(50)32-14-12-31(13-15-32)30-8-4-3-5-9-30)39(42)17-21-43(2)40(46)18-22-45(43,51)29-48-25-19-35-34-10-6-7-11-37(34)47-38(35)28-48/h3-15,23-24,27,33,39-40,47,49,51H,16-22,25-26,28-29H2,1-2H3. The van der Waals surface area contributed by atoms with Gasteiger partial charge in [0.2, 0.25) is 0 Å². The number of aromatic amines is 1. The molecule has 6 aliphatic carbocycles. The number of nitrogens with zero attached hydrogens (tertiary/aromatic N) is 1. The number of aliphatic hydroxyl groups excluding tert-OH is 1. The van der Waals surface area contributed by atoms with E-state index in [4.69, 9.17) is 0 Å². The second-order valence-corrected chi connectivity index (χ2v) is 17.7. The molecule has 5 nitrogen and oxygen atoms in total. The summed E-state index contributed by atoms with van der Waals surface area (Å²) >= 11 is 0. The molecule has 5 heteroatoms. The van der Waals surface area contributed by atoms with Crippen molar-refractivity contribution in [2.45, 2.75) is 83.5 Å². The molecule has 2 bridgehead atoms. The Morgan fingerprint density at radius 1 is 0.843 bits per heavy atom. The molecular formula is C46H50N2O3. The number of allylic oxidation sites excluding steroid dienone is 4. The number of para-hydroxylation sites is 1. The molecule has 3 aromatic carbocycles. The van der Waals surface area contributed by atoms with Crippen LogP contribution in [0.2, 0.25) is 0 Å². The van der Waals surface area contributed by atoms with E-state index in [0.29, 0.717) is 18.9 Å². The Labute approximate surface area is 301 Å². The quantitative estimate of drug-likeness (QED) is 0.146. The molecule has 8 unspecified atom stereocenters. The minimum absolute atomic E-state index is 0.0388. The fraction of sp³-hybridized carbons (Fsp3) is 0.457. The van der Waals surface area contributed by atoms with Crippen LogP contribution in [-0.4, -0.2) is 50.7 Å². The molecule has 11 rings (SSSR count). The summed E-state index contributed by atoms with van der Waals surface area (Å²) in [5.74, 6) is 0.561. The van der Waals surface area contributed by atoms with Crippen LogP contribution in [0.3, 0.4) is 0 Å². The first-order chi connectivity index (χ1) is 24.6. The van der Waals surface area contributed by atoms with Crippen LogP contribution in [0.15, 0.2) is 103 Å². The minimum Gasteiger partial charge on any atom is -0.393 e. The summed E-state index contributed by atoms with van der Waals surface area (Å²) < 4.78 is 0. The highest BCUT2D eigenvalue weighted by Crippen LogP contribution is 2.78. The summed E-state index contributed by atoms with van der Waals surface area (Å²) in [6.07, 6.45) is 13.9. The maximum Gasteiger partial charge on any atom is 0.189 e. The molecule has 1 aliphatic heterocycles. The number of β-amino-alcohol motifs (C(OH)–C–C–N with tert-alkyl or cyclic N) is 1. The third-order valence-electron chi connectivity index (χ3n) is 15.7. The van der Waals surface area contributed by atoms with Gasteiger partial charge in [-0.05, 0) is 91.4 Å². The fourth-order valence-electron chi connectivity index (χ4n) is 13.0. The third-order valence-corrected chi connectivity index (χ3v) is 15.7. The molecule has 262 valence electrons. The number of fused-ring (bicyclic) bond motifs is 4. The number of benzene rings is 3. The molecule has 3 N–H and O–H groups in total. The summed E-state index contributed by atoms with van der Waals surface area (Å²) in [7, 11) is 0. The Bertz CT molecular complexity index is 2110. The van der Waals surface area contributed by atoms with Gasteiger partial charge in [-0.3, -0.25) is 9.69 Å². The maximum atomic E-state index is 15.1. The molecule has 1 aromatic heterocycles. The first-order valence-electron chi connectivity index (χ1n) is 19.4. The molecule has 7 aliphatic rings. The van der Waals surface area contributed by atoms with Gasteiger partial charge in [0.25, 0.3) is 0 Å². The number of carbonyl (C=O) groups excluding carboxylic acids is 1. The lowest BCUT2D eigenvalue weighted by atomic mass is 9.32. The van der Waals surface area contributed by atoms with Crippen LogP contribution in [-0.2, 0) is 13.0 Å². The predicted octanol–water partition coefficient (Wildman–Crippen LogP) is 8.67. The molecule has 3 fully saturated rings. The number of carbonyl (C=O) groups is 1. The molecule has 8 atom stereocenters. The van der Waals surface area contributed by atoms with Crippen LogP contribution in [0.1, 0.15) is 80.4 Å². The molecule has 2 heterocycles. The van der Waals surface area contributed by atoms with Crippen molar-refractivity contribution in [3.8, 4) is 11.1 Å².